The summed E-state index contributed by atoms with van der Waals surface area (Å²) in [6.45, 7) is -0.0389. The highest BCUT2D eigenvalue weighted by Gasteiger charge is 1.99. The van der Waals surface area contributed by atoms with Crippen LogP contribution in [0.1, 0.15) is 12.8 Å². The highest BCUT2D eigenvalue weighted by Crippen LogP contribution is 1.93. The molecule has 0 aromatic rings. The summed E-state index contributed by atoms with van der Waals surface area (Å²) in [7, 11) is -3.87. The van der Waals surface area contributed by atoms with Gasteiger partial charge < -0.3 is 5.11 Å². The number of hydrogen-bond acceptors (Lipinski definition) is 4. The molecule has 7 heteroatoms. The van der Waals surface area contributed by atoms with E-state index in [0.29, 0.717) is 12.8 Å². The zero-order valence-corrected chi connectivity index (χ0v) is 7.66. The maximum atomic E-state index is 10.2. The zero-order chi connectivity index (χ0) is 10.3. The minimum Gasteiger partial charge on any atom is -0.478 e. The molecule has 0 heterocycles. The van der Waals surface area contributed by atoms with E-state index in [0.717, 1.165) is 6.08 Å². The Hall–Kier alpha value is -0.920. The van der Waals surface area contributed by atoms with Crippen molar-refractivity contribution in [3.63, 3.8) is 0 Å². The molecule has 0 atom stereocenters. The van der Waals surface area contributed by atoms with Crippen LogP contribution in [0.15, 0.2) is 12.2 Å². The van der Waals surface area contributed by atoms with Crippen LogP contribution in [0.3, 0.4) is 0 Å². The van der Waals surface area contributed by atoms with Crippen molar-refractivity contribution in [1.29, 1.82) is 0 Å². The van der Waals surface area contributed by atoms with Crippen LogP contribution in [0, 0.1) is 0 Å². The van der Waals surface area contributed by atoms with Gasteiger partial charge in [0.1, 0.15) is 0 Å². The summed E-state index contributed by atoms with van der Waals surface area (Å²) in [4.78, 5) is 9.96. The molecule has 0 unspecified atom stereocenters. The first kappa shape index (κ1) is 12.1. The fraction of sp³-hybridized carbons (Fsp3) is 0.500. The molecule has 0 amide bonds. The van der Waals surface area contributed by atoms with Crippen molar-refractivity contribution >= 4 is 16.3 Å². The smallest absolute Gasteiger partial charge is 0.333 e. The van der Waals surface area contributed by atoms with Crippen molar-refractivity contribution < 1.29 is 22.5 Å². The third kappa shape index (κ3) is 11.1. The van der Waals surface area contributed by atoms with Crippen molar-refractivity contribution in [2.45, 2.75) is 12.8 Å². The average Bonchev–Trinajstić information content (AvgIpc) is 1.93. The number of carboxylic acids is 1. The maximum absolute atomic E-state index is 10.2. The molecule has 0 spiro atoms. The first-order valence-corrected chi connectivity index (χ1v) is 4.95. The number of nitrogens with two attached hydrogens (primary N) is 1. The molecule has 0 aromatic heterocycles. The highest BCUT2D eigenvalue weighted by molar-refractivity contribution is 7.84. The number of rotatable bonds is 6. The average molecular weight is 209 g/mol. The number of carboxylic acid groups (broad SMARTS) is 1. The third-order valence-corrected chi connectivity index (χ3v) is 1.52. The lowest BCUT2D eigenvalue weighted by atomic mass is 10.3. The predicted molar refractivity (Wildman–Crippen MR) is 45.1 cm³/mol. The fourth-order valence-corrected chi connectivity index (χ4v) is 0.911. The Bertz CT molecular complexity index is 281. The molecule has 0 aliphatic carbocycles. The van der Waals surface area contributed by atoms with E-state index in [4.69, 9.17) is 5.11 Å². The molecule has 0 aromatic carbocycles. The molecular weight excluding hydrogens is 198 g/mol. The van der Waals surface area contributed by atoms with Gasteiger partial charge in [0.25, 0.3) is 0 Å². The minimum atomic E-state index is -3.87. The van der Waals surface area contributed by atoms with E-state index in [-0.39, 0.29) is 6.61 Å². The number of allylic oxidation sites excluding steroid dienone is 1. The van der Waals surface area contributed by atoms with Gasteiger partial charge in [0.2, 0.25) is 0 Å². The maximum Gasteiger partial charge on any atom is 0.333 e. The lowest BCUT2D eigenvalue weighted by molar-refractivity contribution is -0.131. The highest BCUT2D eigenvalue weighted by atomic mass is 32.2. The molecule has 0 radical (unpaired) electrons. The van der Waals surface area contributed by atoms with Crippen molar-refractivity contribution in [3.8, 4) is 0 Å². The second-order valence-electron chi connectivity index (χ2n) is 2.20. The standard InChI is InChI=1S/C6H11NO5S/c7-13(10,11)12-5-3-1-2-4-6(8)9/h2,4H,1,3,5H2,(H,8,9)(H2,7,10,11). The number of hydrogen-bond donors (Lipinski definition) is 2. The van der Waals surface area contributed by atoms with Crippen LogP contribution in [0.5, 0.6) is 0 Å². The van der Waals surface area contributed by atoms with Gasteiger partial charge in [-0.15, -0.1) is 0 Å². The molecule has 0 aliphatic rings. The Morgan fingerprint density at radius 2 is 2.15 bits per heavy atom. The van der Waals surface area contributed by atoms with E-state index in [1.54, 1.807) is 0 Å². The summed E-state index contributed by atoms with van der Waals surface area (Å²) in [5, 5.41) is 12.7. The van der Waals surface area contributed by atoms with Gasteiger partial charge in [-0.3, -0.25) is 4.18 Å². The van der Waals surface area contributed by atoms with E-state index in [1.165, 1.54) is 6.08 Å². The third-order valence-electron chi connectivity index (χ3n) is 1.02. The zero-order valence-electron chi connectivity index (χ0n) is 6.84. The molecule has 6 nitrogen and oxygen atoms in total. The van der Waals surface area contributed by atoms with Gasteiger partial charge in [-0.2, -0.15) is 8.42 Å². The Morgan fingerprint density at radius 1 is 1.54 bits per heavy atom. The summed E-state index contributed by atoms with van der Waals surface area (Å²) >= 11 is 0. The van der Waals surface area contributed by atoms with E-state index >= 15 is 0 Å². The van der Waals surface area contributed by atoms with Crippen molar-refractivity contribution in [2.24, 2.45) is 5.14 Å². The normalized spacial score (nSPS) is 12.1. The van der Waals surface area contributed by atoms with Crippen LogP contribution in [0.2, 0.25) is 0 Å². The molecule has 0 aliphatic heterocycles. The van der Waals surface area contributed by atoms with Crippen molar-refractivity contribution in [1.82, 2.24) is 0 Å². The Labute approximate surface area is 76.3 Å². The lowest BCUT2D eigenvalue weighted by Crippen LogP contribution is -2.16. The predicted octanol–water partition coefficient (Wildman–Crippen LogP) is -0.373. The topological polar surface area (TPSA) is 107 Å². The Morgan fingerprint density at radius 3 is 2.62 bits per heavy atom. The molecule has 0 saturated heterocycles. The van der Waals surface area contributed by atoms with Crippen LogP contribution in [0.4, 0.5) is 0 Å². The van der Waals surface area contributed by atoms with Crippen LogP contribution in [0.25, 0.3) is 0 Å². The second-order valence-corrected chi connectivity index (χ2v) is 3.42. The van der Waals surface area contributed by atoms with Gasteiger partial charge in [0, 0.05) is 6.08 Å². The van der Waals surface area contributed by atoms with Gasteiger partial charge in [-0.1, -0.05) is 6.08 Å². The van der Waals surface area contributed by atoms with Gasteiger partial charge >= 0.3 is 16.3 Å². The largest absolute Gasteiger partial charge is 0.478 e. The van der Waals surface area contributed by atoms with E-state index in [2.05, 4.69) is 9.32 Å². The van der Waals surface area contributed by atoms with Gasteiger partial charge in [-0.25, -0.2) is 9.93 Å². The van der Waals surface area contributed by atoms with E-state index in [9.17, 15) is 13.2 Å². The summed E-state index contributed by atoms with van der Waals surface area (Å²) in [5.74, 6) is -1.03. The van der Waals surface area contributed by atoms with E-state index < -0.39 is 16.3 Å². The minimum absolute atomic E-state index is 0.0389. The fourth-order valence-electron chi connectivity index (χ4n) is 0.560. The molecule has 76 valence electrons. The van der Waals surface area contributed by atoms with Crippen LogP contribution in [-0.2, 0) is 19.3 Å². The lowest BCUT2D eigenvalue weighted by Gasteiger charge is -1.97. The molecule has 0 bridgehead atoms. The van der Waals surface area contributed by atoms with Crippen molar-refractivity contribution in [2.75, 3.05) is 6.61 Å². The van der Waals surface area contributed by atoms with Gasteiger partial charge in [0.15, 0.2) is 0 Å². The number of unbranched alkanes of at least 4 members (excludes halogenated alkanes) is 1. The molecule has 13 heavy (non-hydrogen) atoms. The second kappa shape index (κ2) is 5.68. The van der Waals surface area contributed by atoms with Gasteiger partial charge in [0.05, 0.1) is 6.61 Å². The molecule has 0 rings (SSSR count). The molecule has 0 saturated carbocycles. The number of aliphatic carboxylic acids is 1. The first-order chi connectivity index (χ1) is 5.92. The Balaban J connectivity index is 3.43. The molecule has 3 N–H and O–H groups in total. The van der Waals surface area contributed by atoms with E-state index in [1.807, 2.05) is 0 Å². The summed E-state index contributed by atoms with van der Waals surface area (Å²) in [6, 6.07) is 0. The van der Waals surface area contributed by atoms with Gasteiger partial charge in [-0.05, 0) is 12.8 Å². The first-order valence-electron chi connectivity index (χ1n) is 3.48. The summed E-state index contributed by atoms with van der Waals surface area (Å²) in [5.41, 5.74) is 0. The number of carbonyl (C=O) groups is 1. The molecule has 0 fully saturated rings. The van der Waals surface area contributed by atoms with Crippen molar-refractivity contribution in [3.05, 3.63) is 12.2 Å². The Kier molecular flexibility index (Phi) is 5.28. The molecular formula is C6H11NO5S. The quantitative estimate of drug-likeness (QED) is 0.458. The summed E-state index contributed by atoms with van der Waals surface area (Å²) in [6.07, 6.45) is 3.23. The van der Waals surface area contributed by atoms with Crippen LogP contribution in [-0.4, -0.2) is 26.1 Å². The van der Waals surface area contributed by atoms with Crippen LogP contribution >= 0.6 is 0 Å². The monoisotopic (exact) mass is 209 g/mol. The summed E-state index contributed by atoms with van der Waals surface area (Å²) < 4.78 is 24.6. The van der Waals surface area contributed by atoms with Crippen LogP contribution < -0.4 is 5.14 Å². The SMILES string of the molecule is NS(=O)(=O)OCCCC=CC(=O)O.